The number of anilines is 3. The zero-order valence-electron chi connectivity index (χ0n) is 45.8. The summed E-state index contributed by atoms with van der Waals surface area (Å²) in [6, 6.07) is 86.6. The first kappa shape index (κ1) is 47.7. The van der Waals surface area contributed by atoms with Crippen molar-refractivity contribution in [1.29, 1.82) is 0 Å². The van der Waals surface area contributed by atoms with Gasteiger partial charge in [0.05, 0.1) is 10.8 Å². The summed E-state index contributed by atoms with van der Waals surface area (Å²) in [5.41, 5.74) is 28.3. The Morgan fingerprint density at radius 1 is 0.276 bits per heavy atom. The van der Waals surface area contributed by atoms with Gasteiger partial charge in [0.2, 0.25) is 0 Å². The summed E-state index contributed by atoms with van der Waals surface area (Å²) in [6.07, 6.45) is 0. The maximum atomic E-state index is 2.56. The van der Waals surface area contributed by atoms with Gasteiger partial charge in [0, 0.05) is 17.1 Å². The summed E-state index contributed by atoms with van der Waals surface area (Å²) in [5.74, 6) is 0. The van der Waals surface area contributed by atoms with Gasteiger partial charge >= 0.3 is 0 Å². The van der Waals surface area contributed by atoms with Crippen LogP contribution in [-0.4, -0.2) is 0 Å². The molecule has 76 heavy (non-hydrogen) atoms. The molecule has 0 radical (unpaired) electrons. The molecule has 0 aromatic heterocycles. The van der Waals surface area contributed by atoms with Gasteiger partial charge < -0.3 is 4.90 Å². The lowest BCUT2D eigenvalue weighted by Gasteiger charge is -2.35. The van der Waals surface area contributed by atoms with Crippen LogP contribution < -0.4 is 4.90 Å². The maximum absolute atomic E-state index is 2.56. The summed E-state index contributed by atoms with van der Waals surface area (Å²) >= 11 is 0. The van der Waals surface area contributed by atoms with E-state index in [0.29, 0.717) is 0 Å². The standard InChI is InChI=1S/C75H67N/c1-48-24-30-53(31-25-48)74(52-18-12-11-13-19-52)65-22-16-14-20-59(65)63-42-38-57(46-69(63)74)76(56-36-28-50(29-37-56)49-26-32-51(33-27-49)71(2,3)4)58-39-43-64-62-41-35-55(73(8,9)10)45-68(62)75(70(64)47-58)66-23-17-15-21-60(66)61-40-34-54(44-67(61)75)72(5,6)7/h11-47H,1-10H3. The summed E-state index contributed by atoms with van der Waals surface area (Å²) < 4.78 is 0. The monoisotopic (exact) mass is 982 g/mol. The second kappa shape index (κ2) is 17.0. The molecular formula is C75H67N. The van der Waals surface area contributed by atoms with Crippen molar-refractivity contribution < 1.29 is 0 Å². The molecule has 10 aromatic rings. The molecule has 0 amide bonds. The van der Waals surface area contributed by atoms with Crippen molar-refractivity contribution in [2.75, 3.05) is 4.90 Å². The van der Waals surface area contributed by atoms with Crippen molar-refractivity contribution in [1.82, 2.24) is 0 Å². The molecule has 3 aliphatic rings. The topological polar surface area (TPSA) is 3.24 Å². The molecule has 372 valence electrons. The van der Waals surface area contributed by atoms with E-state index in [1.807, 2.05) is 0 Å². The van der Waals surface area contributed by atoms with Gasteiger partial charge in [0.1, 0.15) is 0 Å². The van der Waals surface area contributed by atoms with Crippen LogP contribution >= 0.6 is 0 Å². The molecule has 0 saturated heterocycles. The Balaban J connectivity index is 1.08. The highest BCUT2D eigenvalue weighted by Crippen LogP contribution is 2.65. The molecule has 10 aromatic carbocycles. The normalized spacial score (nSPS) is 16.9. The van der Waals surface area contributed by atoms with Crippen molar-refractivity contribution in [3.05, 3.63) is 291 Å². The van der Waals surface area contributed by atoms with Crippen LogP contribution in [0.25, 0.3) is 44.5 Å². The van der Waals surface area contributed by atoms with Crippen molar-refractivity contribution in [2.24, 2.45) is 0 Å². The van der Waals surface area contributed by atoms with Gasteiger partial charge in [-0.2, -0.15) is 0 Å². The summed E-state index contributed by atoms with van der Waals surface area (Å²) in [5, 5.41) is 0. The highest BCUT2D eigenvalue weighted by molar-refractivity contribution is 5.97. The first-order valence-corrected chi connectivity index (χ1v) is 27.4. The third-order valence-corrected chi connectivity index (χ3v) is 17.3. The van der Waals surface area contributed by atoms with Gasteiger partial charge in [-0.25, -0.2) is 0 Å². The molecule has 1 heteroatoms. The second-order valence-electron chi connectivity index (χ2n) is 25.0. The molecule has 0 saturated carbocycles. The van der Waals surface area contributed by atoms with E-state index in [-0.39, 0.29) is 16.2 Å². The van der Waals surface area contributed by atoms with E-state index in [4.69, 9.17) is 0 Å². The fourth-order valence-corrected chi connectivity index (χ4v) is 13.3. The van der Waals surface area contributed by atoms with Crippen molar-refractivity contribution in [3.8, 4) is 44.5 Å². The van der Waals surface area contributed by atoms with Crippen LogP contribution in [0, 0.1) is 6.92 Å². The van der Waals surface area contributed by atoms with Gasteiger partial charge in [0.25, 0.3) is 0 Å². The second-order valence-corrected chi connectivity index (χ2v) is 25.0. The third-order valence-electron chi connectivity index (χ3n) is 17.3. The fraction of sp³-hybridized carbons (Fsp3) is 0.200. The highest BCUT2D eigenvalue weighted by Gasteiger charge is 2.53. The molecule has 0 bridgehead atoms. The lowest BCUT2D eigenvalue weighted by atomic mass is 9.67. The number of rotatable bonds is 6. The first-order valence-electron chi connectivity index (χ1n) is 27.4. The van der Waals surface area contributed by atoms with Crippen LogP contribution in [0.3, 0.4) is 0 Å². The van der Waals surface area contributed by atoms with Crippen LogP contribution in [0.2, 0.25) is 0 Å². The molecule has 1 nitrogen and oxygen atoms in total. The molecule has 1 spiro atoms. The molecule has 0 N–H and O–H groups in total. The number of aryl methyl sites for hydroxylation is 1. The quantitative estimate of drug-likeness (QED) is 0.160. The van der Waals surface area contributed by atoms with E-state index in [1.165, 1.54) is 111 Å². The third kappa shape index (κ3) is 7.11. The van der Waals surface area contributed by atoms with E-state index in [0.717, 1.165) is 17.1 Å². The predicted octanol–water partition coefficient (Wildman–Crippen LogP) is 19.7. The predicted molar refractivity (Wildman–Crippen MR) is 321 cm³/mol. The average Bonchev–Trinajstić information content (AvgIpc) is 4.17. The van der Waals surface area contributed by atoms with Crippen LogP contribution in [0.4, 0.5) is 17.1 Å². The van der Waals surface area contributed by atoms with Gasteiger partial charge in [-0.15, -0.1) is 0 Å². The molecule has 2 unspecified atom stereocenters. The van der Waals surface area contributed by atoms with Crippen LogP contribution in [0.5, 0.6) is 0 Å². The van der Waals surface area contributed by atoms with Crippen LogP contribution in [-0.2, 0) is 27.1 Å². The van der Waals surface area contributed by atoms with E-state index in [1.54, 1.807) is 0 Å². The molecule has 2 atom stereocenters. The number of benzene rings is 10. The van der Waals surface area contributed by atoms with Crippen molar-refractivity contribution >= 4 is 17.1 Å². The molecule has 0 fully saturated rings. The summed E-state index contributed by atoms with van der Waals surface area (Å²) in [6.45, 7) is 23.1. The molecular weight excluding hydrogens is 915 g/mol. The number of fused-ring (bicyclic) bond motifs is 13. The van der Waals surface area contributed by atoms with E-state index >= 15 is 0 Å². The van der Waals surface area contributed by atoms with Crippen LogP contribution in [0.1, 0.15) is 129 Å². The van der Waals surface area contributed by atoms with Crippen LogP contribution in [0.15, 0.2) is 224 Å². The molecule has 3 aliphatic carbocycles. The Morgan fingerprint density at radius 3 is 1.12 bits per heavy atom. The Kier molecular flexibility index (Phi) is 10.7. The average molecular weight is 982 g/mol. The zero-order chi connectivity index (χ0) is 52.5. The van der Waals surface area contributed by atoms with Crippen molar-refractivity contribution in [3.63, 3.8) is 0 Å². The number of nitrogens with zero attached hydrogens (tertiary/aromatic N) is 1. The smallest absolute Gasteiger partial charge is 0.0726 e. The van der Waals surface area contributed by atoms with Crippen molar-refractivity contribution in [2.45, 2.75) is 96.3 Å². The minimum Gasteiger partial charge on any atom is -0.310 e. The molecule has 0 aliphatic heterocycles. The SMILES string of the molecule is Cc1ccc(C2(c3ccccc3)c3ccccc3-c3ccc(N(c4ccc(-c5ccc(C(C)(C)C)cc5)cc4)c4ccc5c(c4)C4(c6ccccc6-c6ccc(C(C)(C)C)cc64)c4cc(C(C)(C)C)ccc4-5)cc32)cc1. The van der Waals surface area contributed by atoms with E-state index < -0.39 is 10.8 Å². The van der Waals surface area contributed by atoms with E-state index in [9.17, 15) is 0 Å². The van der Waals surface area contributed by atoms with Gasteiger partial charge in [-0.1, -0.05) is 256 Å². The summed E-state index contributed by atoms with van der Waals surface area (Å²) in [4.78, 5) is 2.53. The molecule has 13 rings (SSSR count). The van der Waals surface area contributed by atoms with Gasteiger partial charge in [-0.3, -0.25) is 0 Å². The number of hydrogen-bond acceptors (Lipinski definition) is 1. The maximum Gasteiger partial charge on any atom is 0.0726 e. The van der Waals surface area contributed by atoms with Gasteiger partial charge in [0.15, 0.2) is 0 Å². The zero-order valence-corrected chi connectivity index (χ0v) is 45.8. The first-order chi connectivity index (χ1) is 36.5. The Morgan fingerprint density at radius 2 is 0.632 bits per heavy atom. The Bertz CT molecular complexity index is 3880. The lowest BCUT2D eigenvalue weighted by molar-refractivity contribution is 0.586. The highest BCUT2D eigenvalue weighted by atomic mass is 15.1. The Labute approximate surface area is 451 Å². The lowest BCUT2D eigenvalue weighted by Crippen LogP contribution is -2.29. The number of hydrogen-bond donors (Lipinski definition) is 0. The summed E-state index contributed by atoms with van der Waals surface area (Å²) in [7, 11) is 0. The Hall–Kier alpha value is -8.00. The molecule has 0 heterocycles. The fourth-order valence-electron chi connectivity index (χ4n) is 13.3. The van der Waals surface area contributed by atoms with E-state index in [2.05, 4.69) is 299 Å². The minimum absolute atomic E-state index is 0.0390. The largest absolute Gasteiger partial charge is 0.310 e. The minimum atomic E-state index is -0.554. The van der Waals surface area contributed by atoms with Gasteiger partial charge in [-0.05, 0) is 165 Å².